The number of alkyl halides is 3. The second-order valence-electron chi connectivity index (χ2n) is 14.4. The summed E-state index contributed by atoms with van der Waals surface area (Å²) in [5.74, 6) is -1.68. The number of nitro groups is 1. The van der Waals surface area contributed by atoms with E-state index in [9.17, 15) is 41.3 Å². The van der Waals surface area contributed by atoms with Gasteiger partial charge in [-0.3, -0.25) is 24.6 Å². The third kappa shape index (κ3) is 12.5. The summed E-state index contributed by atoms with van der Waals surface area (Å²) in [5.41, 5.74) is 3.50. The summed E-state index contributed by atoms with van der Waals surface area (Å²) < 4.78 is 67.7. The Morgan fingerprint density at radius 1 is 0.902 bits per heavy atom. The molecule has 0 aromatic heterocycles. The zero-order valence-corrected chi connectivity index (χ0v) is 35.2. The molecule has 5 aromatic carbocycles. The SMILES string of the molecule is CN(CC(F)(F)F)C(=O)C[C@H](CSc1ccccc1)Nc1ccc(S(=O)(=O)NC(=O)c2ccc(N3CCN(Cc4ccccc4-c4ccc(Cl)cc4)CC3)cc2)cc1[N+](=O)[O-]. The summed E-state index contributed by atoms with van der Waals surface area (Å²) in [6.45, 7) is 2.33. The number of amides is 2. The molecular formula is C43H42ClF3N6O6S2. The van der Waals surface area contributed by atoms with Crippen LogP contribution in [0.15, 0.2) is 131 Å². The van der Waals surface area contributed by atoms with Crippen molar-refractivity contribution in [1.29, 1.82) is 0 Å². The summed E-state index contributed by atoms with van der Waals surface area (Å²) in [4.78, 5) is 42.6. The Morgan fingerprint density at radius 3 is 2.21 bits per heavy atom. The molecule has 1 fully saturated rings. The second kappa shape index (κ2) is 19.8. The predicted molar refractivity (Wildman–Crippen MR) is 231 cm³/mol. The van der Waals surface area contributed by atoms with E-state index >= 15 is 0 Å². The Balaban J connectivity index is 1.08. The maximum Gasteiger partial charge on any atom is 0.406 e. The van der Waals surface area contributed by atoms with Crippen LogP contribution in [0.3, 0.4) is 0 Å². The van der Waals surface area contributed by atoms with Gasteiger partial charge in [0.1, 0.15) is 12.2 Å². The smallest absolute Gasteiger partial charge is 0.375 e. The van der Waals surface area contributed by atoms with Crippen molar-refractivity contribution in [2.45, 2.75) is 35.0 Å². The first-order chi connectivity index (χ1) is 29.0. The van der Waals surface area contributed by atoms with Gasteiger partial charge in [-0.1, -0.05) is 66.2 Å². The summed E-state index contributed by atoms with van der Waals surface area (Å²) in [6.07, 6.45) is -5.08. The summed E-state index contributed by atoms with van der Waals surface area (Å²) in [6, 6.07) is 33.5. The lowest BCUT2D eigenvalue weighted by Gasteiger charge is -2.36. The molecule has 12 nitrogen and oxygen atoms in total. The molecule has 0 radical (unpaired) electrons. The van der Waals surface area contributed by atoms with Crippen LogP contribution in [0.2, 0.25) is 5.02 Å². The van der Waals surface area contributed by atoms with Crippen molar-refractivity contribution in [2.24, 2.45) is 0 Å². The van der Waals surface area contributed by atoms with E-state index in [1.165, 1.54) is 29.5 Å². The van der Waals surface area contributed by atoms with Crippen molar-refractivity contribution in [3.63, 3.8) is 0 Å². The monoisotopic (exact) mass is 894 g/mol. The molecule has 1 saturated heterocycles. The molecule has 5 aromatic rings. The van der Waals surface area contributed by atoms with Gasteiger partial charge in [0.15, 0.2) is 0 Å². The van der Waals surface area contributed by atoms with Crippen molar-refractivity contribution < 1.29 is 36.1 Å². The number of hydrogen-bond donors (Lipinski definition) is 2. The Labute approximate surface area is 360 Å². The van der Waals surface area contributed by atoms with Gasteiger partial charge in [0, 0.05) is 85.2 Å². The average Bonchev–Trinajstić information content (AvgIpc) is 3.23. The van der Waals surface area contributed by atoms with Crippen LogP contribution in [0.5, 0.6) is 0 Å². The molecule has 61 heavy (non-hydrogen) atoms. The van der Waals surface area contributed by atoms with E-state index in [1.807, 2.05) is 41.1 Å². The molecule has 2 N–H and O–H groups in total. The van der Waals surface area contributed by atoms with Gasteiger partial charge in [0.2, 0.25) is 5.91 Å². The molecule has 0 aliphatic carbocycles. The first-order valence-electron chi connectivity index (χ1n) is 19.1. The van der Waals surface area contributed by atoms with Crippen LogP contribution in [0.25, 0.3) is 11.1 Å². The molecule has 0 spiro atoms. The molecule has 18 heteroatoms. The molecule has 1 heterocycles. The normalized spacial score (nSPS) is 14.0. The Morgan fingerprint density at radius 2 is 1.56 bits per heavy atom. The fraction of sp³-hybridized carbons (Fsp3) is 0.256. The third-order valence-electron chi connectivity index (χ3n) is 9.95. The van der Waals surface area contributed by atoms with Gasteiger partial charge in [0.25, 0.3) is 21.6 Å². The topological polar surface area (TPSA) is 145 Å². The highest BCUT2D eigenvalue weighted by Gasteiger charge is 2.32. The number of nitrogens with one attached hydrogen (secondary N) is 2. The number of piperazine rings is 1. The summed E-state index contributed by atoms with van der Waals surface area (Å²) in [5, 5.41) is 15.7. The third-order valence-corrected chi connectivity index (χ3v) is 12.7. The van der Waals surface area contributed by atoms with Crippen molar-refractivity contribution in [3.8, 4) is 11.1 Å². The second-order valence-corrected chi connectivity index (χ2v) is 17.6. The molecule has 0 saturated carbocycles. The maximum absolute atomic E-state index is 13.4. The van der Waals surface area contributed by atoms with Crippen LogP contribution in [-0.4, -0.2) is 92.7 Å². The van der Waals surface area contributed by atoms with Gasteiger partial charge >= 0.3 is 6.18 Å². The zero-order valence-electron chi connectivity index (χ0n) is 32.8. The van der Waals surface area contributed by atoms with Crippen LogP contribution < -0.4 is 14.9 Å². The Kier molecular flexibility index (Phi) is 14.6. The van der Waals surface area contributed by atoms with Gasteiger partial charge in [-0.05, 0) is 77.4 Å². The molecule has 1 aliphatic rings. The zero-order chi connectivity index (χ0) is 43.7. The molecule has 2 amide bonds. The summed E-state index contributed by atoms with van der Waals surface area (Å²) >= 11 is 7.38. The lowest BCUT2D eigenvalue weighted by Crippen LogP contribution is -2.46. The Hall–Kier alpha value is -5.62. The van der Waals surface area contributed by atoms with Crippen molar-refractivity contribution in [2.75, 3.05) is 55.7 Å². The minimum atomic E-state index is -4.63. The number of carbonyl (C=O) groups excluding carboxylic acids is 2. The van der Waals surface area contributed by atoms with Crippen LogP contribution in [0, 0.1) is 10.1 Å². The lowest BCUT2D eigenvalue weighted by atomic mass is 9.99. The molecule has 1 atom stereocenters. The number of anilines is 2. The summed E-state index contributed by atoms with van der Waals surface area (Å²) in [7, 11) is -3.60. The first-order valence-corrected chi connectivity index (χ1v) is 21.9. The lowest BCUT2D eigenvalue weighted by molar-refractivity contribution is -0.384. The van der Waals surface area contributed by atoms with Crippen molar-refractivity contribution >= 4 is 62.3 Å². The molecular weight excluding hydrogens is 853 g/mol. The largest absolute Gasteiger partial charge is 0.406 e. The average molecular weight is 895 g/mol. The van der Waals surface area contributed by atoms with Crippen molar-refractivity contribution in [3.05, 3.63) is 148 Å². The molecule has 0 unspecified atom stereocenters. The Bertz CT molecular complexity index is 2440. The standard InChI is InChI=1S/C43H42ClF3N6O6S2/c1-50(29-43(45,46)47)41(54)25-34(28-60-36-8-3-2-4-9-36)48-39-20-19-37(26-40(39)53(56)57)61(58,59)49-42(55)31-13-17-35(18-14-31)52-23-21-51(22-24-52)27-32-7-5-6-10-38(32)30-11-15-33(44)16-12-30/h2-20,26,34,48H,21-25,27-29H2,1H3,(H,49,55)/t34-/m1/s1. The van der Waals surface area contributed by atoms with E-state index in [4.69, 9.17) is 11.6 Å². The van der Waals surface area contributed by atoms with E-state index in [2.05, 4.69) is 27.2 Å². The van der Waals surface area contributed by atoms with Crippen molar-refractivity contribution in [1.82, 2.24) is 14.5 Å². The van der Waals surface area contributed by atoms with E-state index in [-0.39, 0.29) is 17.0 Å². The van der Waals surface area contributed by atoms with Crippen LogP contribution >= 0.6 is 23.4 Å². The molecule has 0 bridgehead atoms. The fourth-order valence-corrected chi connectivity index (χ4v) is 8.86. The van der Waals surface area contributed by atoms with E-state index < -0.39 is 62.5 Å². The maximum atomic E-state index is 13.4. The number of thioether (sulfide) groups is 1. The van der Waals surface area contributed by atoms with Gasteiger partial charge in [0.05, 0.1) is 9.82 Å². The molecule has 320 valence electrons. The number of sulfonamides is 1. The van der Waals surface area contributed by atoms with Crippen LogP contribution in [0.1, 0.15) is 22.3 Å². The number of hydrogen-bond acceptors (Lipinski definition) is 10. The van der Waals surface area contributed by atoms with Crippen LogP contribution in [-0.2, 0) is 21.4 Å². The minimum Gasteiger partial charge on any atom is -0.375 e. The van der Waals surface area contributed by atoms with Gasteiger partial charge in [-0.15, -0.1) is 11.8 Å². The van der Waals surface area contributed by atoms with E-state index in [0.29, 0.717) is 9.92 Å². The highest BCUT2D eigenvalue weighted by molar-refractivity contribution is 7.99. The van der Waals surface area contributed by atoms with E-state index in [0.717, 1.165) is 79.7 Å². The number of halogens is 4. The minimum absolute atomic E-state index is 0.0523. The number of benzene rings is 5. The first kappa shape index (κ1) is 44.9. The van der Waals surface area contributed by atoms with Gasteiger partial charge in [-0.2, -0.15) is 13.2 Å². The quantitative estimate of drug-likeness (QED) is 0.0564. The number of rotatable bonds is 16. The molecule has 6 rings (SSSR count). The van der Waals surface area contributed by atoms with Gasteiger partial charge < -0.3 is 15.1 Å². The van der Waals surface area contributed by atoms with E-state index in [1.54, 1.807) is 42.5 Å². The molecule has 1 aliphatic heterocycles. The predicted octanol–water partition coefficient (Wildman–Crippen LogP) is 8.34. The number of carbonyl (C=O) groups is 2. The highest BCUT2D eigenvalue weighted by Crippen LogP contribution is 2.31. The number of nitro benzene ring substituents is 1. The van der Waals surface area contributed by atoms with Crippen LogP contribution in [0.4, 0.5) is 30.2 Å². The van der Waals surface area contributed by atoms with Gasteiger partial charge in [-0.25, -0.2) is 13.1 Å². The fourth-order valence-electron chi connectivity index (χ4n) is 6.80. The highest BCUT2D eigenvalue weighted by atomic mass is 35.5. The number of nitrogens with zero attached hydrogens (tertiary/aromatic N) is 4.